The van der Waals surface area contributed by atoms with Crippen LogP contribution in [0.15, 0.2) is 24.3 Å². The number of carbonyl (C=O) groups excluding carboxylic acids is 1. The third kappa shape index (κ3) is 4.94. The normalized spacial score (nSPS) is 21.8. The summed E-state index contributed by atoms with van der Waals surface area (Å²) in [6, 6.07) is 8.01. The van der Waals surface area contributed by atoms with Gasteiger partial charge in [-0.2, -0.15) is 0 Å². The van der Waals surface area contributed by atoms with Gasteiger partial charge >= 0.3 is 0 Å². The Morgan fingerprint density at radius 1 is 1.43 bits per heavy atom. The van der Waals surface area contributed by atoms with E-state index in [0.717, 1.165) is 5.75 Å². The molecule has 1 saturated heterocycles. The van der Waals surface area contributed by atoms with Crippen LogP contribution in [0.3, 0.4) is 0 Å². The average Bonchev–Trinajstić information content (AvgIpc) is 2.49. The summed E-state index contributed by atoms with van der Waals surface area (Å²) in [5.74, 6) is 1.27. The summed E-state index contributed by atoms with van der Waals surface area (Å²) >= 11 is 0. The average molecular weight is 320 g/mol. The minimum Gasteiger partial charge on any atom is -0.488 e. The number of ether oxygens (including phenoxy) is 1. The van der Waals surface area contributed by atoms with Gasteiger partial charge in [0.25, 0.3) is 0 Å². The lowest BCUT2D eigenvalue weighted by molar-refractivity contribution is -0.137. The summed E-state index contributed by atoms with van der Waals surface area (Å²) in [6.45, 7) is 5.61. The molecule has 2 rings (SSSR count). The molecule has 5 heteroatoms. The number of amides is 1. The number of aliphatic hydroxyl groups is 1. The van der Waals surface area contributed by atoms with Gasteiger partial charge in [0.2, 0.25) is 5.91 Å². The molecule has 0 spiro atoms. The number of aliphatic hydroxyl groups excluding tert-OH is 1. The van der Waals surface area contributed by atoms with E-state index in [-0.39, 0.29) is 12.0 Å². The second-order valence-corrected chi connectivity index (χ2v) is 6.82. The van der Waals surface area contributed by atoms with Gasteiger partial charge in [0.05, 0.1) is 13.1 Å². The first-order valence-electron chi connectivity index (χ1n) is 8.24. The number of piperidine rings is 1. The van der Waals surface area contributed by atoms with Gasteiger partial charge < -0.3 is 19.6 Å². The molecule has 1 aliphatic heterocycles. The summed E-state index contributed by atoms with van der Waals surface area (Å²) < 4.78 is 5.97. The summed E-state index contributed by atoms with van der Waals surface area (Å²) in [5.41, 5.74) is 1.22. The number of nitrogens with zero attached hydrogens (tertiary/aromatic N) is 2. The predicted molar refractivity (Wildman–Crippen MR) is 90.7 cm³/mol. The van der Waals surface area contributed by atoms with Gasteiger partial charge in [-0.25, -0.2) is 0 Å². The molecule has 5 nitrogen and oxygen atoms in total. The molecule has 1 heterocycles. The molecule has 1 N–H and O–H groups in total. The molecule has 0 aliphatic carbocycles. The maximum absolute atomic E-state index is 12.1. The van der Waals surface area contributed by atoms with Crippen LogP contribution in [-0.2, 0) is 4.79 Å². The van der Waals surface area contributed by atoms with E-state index in [9.17, 15) is 9.90 Å². The highest BCUT2D eigenvalue weighted by Gasteiger charge is 2.31. The molecule has 1 fully saturated rings. The molecule has 1 aromatic carbocycles. The van der Waals surface area contributed by atoms with E-state index in [4.69, 9.17) is 4.74 Å². The Bertz CT molecular complexity index is 531. The van der Waals surface area contributed by atoms with Crippen molar-refractivity contribution in [3.8, 4) is 5.75 Å². The van der Waals surface area contributed by atoms with Crippen LogP contribution in [0.4, 0.5) is 0 Å². The fourth-order valence-electron chi connectivity index (χ4n) is 2.77. The highest BCUT2D eigenvalue weighted by Crippen LogP contribution is 2.23. The Balaban J connectivity index is 1.94. The summed E-state index contributed by atoms with van der Waals surface area (Å²) in [6.07, 6.45) is -0.273. The van der Waals surface area contributed by atoms with E-state index in [0.29, 0.717) is 32.0 Å². The number of likely N-dealkylation sites (N-methyl/N-ethyl adjacent to an activating group) is 1. The van der Waals surface area contributed by atoms with Gasteiger partial charge in [-0.3, -0.25) is 4.79 Å². The minimum absolute atomic E-state index is 0.0503. The van der Waals surface area contributed by atoms with Crippen molar-refractivity contribution in [2.45, 2.75) is 38.4 Å². The Morgan fingerprint density at radius 2 is 2.17 bits per heavy atom. The molecule has 0 unspecified atom stereocenters. The molecule has 23 heavy (non-hydrogen) atoms. The zero-order valence-electron chi connectivity index (χ0n) is 14.5. The maximum Gasteiger partial charge on any atom is 0.236 e. The maximum atomic E-state index is 12.1. The second-order valence-electron chi connectivity index (χ2n) is 6.82. The van der Waals surface area contributed by atoms with Gasteiger partial charge in [-0.15, -0.1) is 0 Å². The number of carbonyl (C=O) groups is 1. The van der Waals surface area contributed by atoms with Crippen LogP contribution in [-0.4, -0.2) is 66.8 Å². The van der Waals surface area contributed by atoms with Crippen molar-refractivity contribution in [1.82, 2.24) is 9.80 Å². The van der Waals surface area contributed by atoms with Crippen molar-refractivity contribution in [2.24, 2.45) is 0 Å². The minimum atomic E-state index is -0.655. The van der Waals surface area contributed by atoms with Gasteiger partial charge in [0.1, 0.15) is 18.0 Å². The van der Waals surface area contributed by atoms with Crippen molar-refractivity contribution in [2.75, 3.05) is 33.7 Å². The Labute approximate surface area is 138 Å². The van der Waals surface area contributed by atoms with E-state index >= 15 is 0 Å². The number of benzene rings is 1. The van der Waals surface area contributed by atoms with Gasteiger partial charge in [-0.1, -0.05) is 26.0 Å². The molecule has 0 saturated carbocycles. The standard InChI is InChI=1S/C18H28N2O3/c1-13(2)14-6-5-7-15(10-14)23-17-8-9-20(11-16(17)21)18(22)12-19(3)4/h5-7,10,13,16-17,21H,8-9,11-12H2,1-4H3/t16-,17-/m1/s1. The first-order valence-corrected chi connectivity index (χ1v) is 8.24. The molecule has 1 aromatic rings. The summed E-state index contributed by atoms with van der Waals surface area (Å²) in [5, 5.41) is 10.3. The van der Waals surface area contributed by atoms with Crippen LogP contribution in [0.2, 0.25) is 0 Å². The SMILES string of the molecule is CC(C)c1cccc(O[C@@H]2CCN(C(=O)CN(C)C)C[C@H]2O)c1. The lowest BCUT2D eigenvalue weighted by Gasteiger charge is -2.36. The van der Waals surface area contributed by atoms with Crippen LogP contribution in [0, 0.1) is 0 Å². The third-order valence-electron chi connectivity index (χ3n) is 4.14. The second kappa shape index (κ2) is 7.79. The largest absolute Gasteiger partial charge is 0.488 e. The van der Waals surface area contributed by atoms with E-state index in [1.54, 1.807) is 4.90 Å². The first kappa shape index (κ1) is 17.8. The molecule has 1 aliphatic rings. The molecule has 0 radical (unpaired) electrons. The Hall–Kier alpha value is -1.59. The summed E-state index contributed by atoms with van der Waals surface area (Å²) in [4.78, 5) is 15.6. The lowest BCUT2D eigenvalue weighted by atomic mass is 10.0. The smallest absolute Gasteiger partial charge is 0.236 e. The lowest BCUT2D eigenvalue weighted by Crippen LogP contribution is -2.52. The number of rotatable bonds is 5. The highest BCUT2D eigenvalue weighted by atomic mass is 16.5. The van der Waals surface area contributed by atoms with Crippen LogP contribution >= 0.6 is 0 Å². The zero-order valence-corrected chi connectivity index (χ0v) is 14.5. The van der Waals surface area contributed by atoms with Crippen molar-refractivity contribution >= 4 is 5.91 Å². The van der Waals surface area contributed by atoms with Crippen molar-refractivity contribution in [1.29, 1.82) is 0 Å². The molecular formula is C18H28N2O3. The molecule has 1 amide bonds. The number of hydrogen-bond donors (Lipinski definition) is 1. The summed E-state index contributed by atoms with van der Waals surface area (Å²) in [7, 11) is 3.73. The van der Waals surface area contributed by atoms with Crippen molar-refractivity contribution in [3.63, 3.8) is 0 Å². The van der Waals surface area contributed by atoms with E-state index in [1.165, 1.54) is 5.56 Å². The molecule has 128 valence electrons. The van der Waals surface area contributed by atoms with Gasteiger partial charge in [0, 0.05) is 13.0 Å². The van der Waals surface area contributed by atoms with Crippen LogP contribution in [0.1, 0.15) is 31.7 Å². The highest BCUT2D eigenvalue weighted by molar-refractivity contribution is 5.78. The van der Waals surface area contributed by atoms with E-state index < -0.39 is 6.10 Å². The predicted octanol–water partition coefficient (Wildman–Crippen LogP) is 1.71. The monoisotopic (exact) mass is 320 g/mol. The quantitative estimate of drug-likeness (QED) is 0.897. The van der Waals surface area contributed by atoms with E-state index in [1.807, 2.05) is 37.2 Å². The van der Waals surface area contributed by atoms with Crippen LogP contribution in [0.5, 0.6) is 5.75 Å². The first-order chi connectivity index (χ1) is 10.9. The third-order valence-corrected chi connectivity index (χ3v) is 4.14. The number of likely N-dealkylation sites (tertiary alicyclic amines) is 1. The number of β-amino-alcohol motifs (C(OH)–C–C–N with tert-alkyl or cyclic N) is 1. The number of hydrogen-bond acceptors (Lipinski definition) is 4. The van der Waals surface area contributed by atoms with E-state index in [2.05, 4.69) is 19.9 Å². The zero-order chi connectivity index (χ0) is 17.0. The van der Waals surface area contributed by atoms with Crippen LogP contribution < -0.4 is 4.74 Å². The molecule has 0 aromatic heterocycles. The van der Waals surface area contributed by atoms with Gasteiger partial charge in [-0.05, 0) is 37.7 Å². The van der Waals surface area contributed by atoms with Gasteiger partial charge in [0.15, 0.2) is 0 Å². The fourth-order valence-corrected chi connectivity index (χ4v) is 2.77. The Morgan fingerprint density at radius 3 is 2.78 bits per heavy atom. The Kier molecular flexibility index (Phi) is 6.02. The van der Waals surface area contributed by atoms with Crippen LogP contribution in [0.25, 0.3) is 0 Å². The molecule has 2 atom stereocenters. The fraction of sp³-hybridized carbons (Fsp3) is 0.611. The van der Waals surface area contributed by atoms with Crippen molar-refractivity contribution < 1.29 is 14.6 Å². The molecule has 0 bridgehead atoms. The molecular weight excluding hydrogens is 292 g/mol. The topological polar surface area (TPSA) is 53.0 Å². The van der Waals surface area contributed by atoms with Crippen molar-refractivity contribution in [3.05, 3.63) is 29.8 Å².